The molecule has 0 amide bonds. The molecule has 0 saturated heterocycles. The SMILES string of the molecule is CCCCc1ccc(NC(CC)c2ccc(F)cc2)cc1. The van der Waals surface area contributed by atoms with E-state index < -0.39 is 0 Å². The predicted octanol–water partition coefficient (Wildman–Crippen LogP) is 5.73. The molecule has 1 unspecified atom stereocenters. The van der Waals surface area contributed by atoms with Crippen molar-refractivity contribution in [3.05, 3.63) is 65.5 Å². The molecule has 0 radical (unpaired) electrons. The highest BCUT2D eigenvalue weighted by Crippen LogP contribution is 2.23. The first-order chi connectivity index (χ1) is 10.2. The Kier molecular flexibility index (Phi) is 5.79. The van der Waals surface area contributed by atoms with Gasteiger partial charge in [-0.15, -0.1) is 0 Å². The van der Waals surface area contributed by atoms with Crippen molar-refractivity contribution in [3.63, 3.8) is 0 Å². The third kappa shape index (κ3) is 4.59. The molecule has 2 aromatic carbocycles. The minimum Gasteiger partial charge on any atom is -0.378 e. The Balaban J connectivity index is 2.02. The zero-order valence-electron chi connectivity index (χ0n) is 12.9. The fourth-order valence-corrected chi connectivity index (χ4v) is 2.47. The van der Waals surface area contributed by atoms with Gasteiger partial charge >= 0.3 is 0 Å². The lowest BCUT2D eigenvalue weighted by molar-refractivity contribution is 0.625. The Morgan fingerprint density at radius 1 is 0.952 bits per heavy atom. The van der Waals surface area contributed by atoms with Crippen LogP contribution in [0.25, 0.3) is 0 Å². The van der Waals surface area contributed by atoms with Gasteiger partial charge in [-0.2, -0.15) is 0 Å². The van der Waals surface area contributed by atoms with Crippen LogP contribution in [0.1, 0.15) is 50.3 Å². The number of benzene rings is 2. The van der Waals surface area contributed by atoms with Crippen LogP contribution in [-0.4, -0.2) is 0 Å². The fourth-order valence-electron chi connectivity index (χ4n) is 2.47. The molecule has 0 heterocycles. The van der Waals surface area contributed by atoms with E-state index in [0.717, 1.165) is 24.1 Å². The molecule has 1 N–H and O–H groups in total. The number of rotatable bonds is 7. The first kappa shape index (κ1) is 15.6. The first-order valence-electron chi connectivity index (χ1n) is 7.84. The Morgan fingerprint density at radius 2 is 1.62 bits per heavy atom. The molecule has 2 aromatic rings. The van der Waals surface area contributed by atoms with Crippen molar-refractivity contribution < 1.29 is 4.39 Å². The highest BCUT2D eigenvalue weighted by molar-refractivity contribution is 5.47. The van der Waals surface area contributed by atoms with Crippen LogP contribution in [0, 0.1) is 5.82 Å². The smallest absolute Gasteiger partial charge is 0.123 e. The molecular weight excluding hydrogens is 261 g/mol. The Hall–Kier alpha value is -1.83. The van der Waals surface area contributed by atoms with E-state index in [9.17, 15) is 4.39 Å². The average molecular weight is 285 g/mol. The molecule has 1 atom stereocenters. The molecule has 0 fully saturated rings. The van der Waals surface area contributed by atoms with Gasteiger partial charge in [0.25, 0.3) is 0 Å². The van der Waals surface area contributed by atoms with Crippen molar-refractivity contribution >= 4 is 5.69 Å². The normalized spacial score (nSPS) is 12.1. The molecule has 0 spiro atoms. The summed E-state index contributed by atoms with van der Waals surface area (Å²) in [7, 11) is 0. The number of hydrogen-bond donors (Lipinski definition) is 1. The molecule has 0 saturated carbocycles. The van der Waals surface area contributed by atoms with Crippen molar-refractivity contribution in [2.75, 3.05) is 5.32 Å². The molecule has 0 aliphatic rings. The number of aryl methyl sites for hydroxylation is 1. The van der Waals surface area contributed by atoms with Gasteiger partial charge in [-0.05, 0) is 54.7 Å². The quantitative estimate of drug-likeness (QED) is 0.685. The summed E-state index contributed by atoms with van der Waals surface area (Å²) in [5, 5.41) is 3.53. The second-order valence-corrected chi connectivity index (χ2v) is 5.46. The van der Waals surface area contributed by atoms with Crippen molar-refractivity contribution in [2.24, 2.45) is 0 Å². The van der Waals surface area contributed by atoms with E-state index in [0.29, 0.717) is 0 Å². The molecule has 0 aliphatic carbocycles. The summed E-state index contributed by atoms with van der Waals surface area (Å²) in [6, 6.07) is 15.6. The van der Waals surface area contributed by atoms with Gasteiger partial charge < -0.3 is 5.32 Å². The van der Waals surface area contributed by atoms with Crippen molar-refractivity contribution in [2.45, 2.75) is 45.6 Å². The maximum atomic E-state index is 13.0. The van der Waals surface area contributed by atoms with E-state index in [1.54, 1.807) is 0 Å². The van der Waals surface area contributed by atoms with Crippen LogP contribution in [0.5, 0.6) is 0 Å². The second kappa shape index (κ2) is 7.82. The van der Waals surface area contributed by atoms with Gasteiger partial charge in [-0.25, -0.2) is 4.39 Å². The van der Waals surface area contributed by atoms with Crippen molar-refractivity contribution in [1.29, 1.82) is 0 Å². The number of hydrogen-bond acceptors (Lipinski definition) is 1. The minimum absolute atomic E-state index is 0.186. The maximum absolute atomic E-state index is 13.0. The summed E-state index contributed by atoms with van der Waals surface area (Å²) < 4.78 is 13.0. The molecule has 1 nitrogen and oxygen atoms in total. The van der Waals surface area contributed by atoms with Crippen molar-refractivity contribution in [1.82, 2.24) is 0 Å². The summed E-state index contributed by atoms with van der Waals surface area (Å²) in [6.07, 6.45) is 4.57. The second-order valence-electron chi connectivity index (χ2n) is 5.46. The van der Waals surface area contributed by atoms with Crippen molar-refractivity contribution in [3.8, 4) is 0 Å². The van der Waals surface area contributed by atoms with Crippen LogP contribution in [0.3, 0.4) is 0 Å². The lowest BCUT2D eigenvalue weighted by Crippen LogP contribution is -2.09. The van der Waals surface area contributed by atoms with Gasteiger partial charge in [0.15, 0.2) is 0 Å². The fraction of sp³-hybridized carbons (Fsp3) is 0.368. The molecule has 0 bridgehead atoms. The van der Waals surface area contributed by atoms with Crippen LogP contribution >= 0.6 is 0 Å². The van der Waals surface area contributed by atoms with Crippen LogP contribution < -0.4 is 5.32 Å². The number of anilines is 1. The monoisotopic (exact) mass is 285 g/mol. The van der Waals surface area contributed by atoms with E-state index in [1.807, 2.05) is 12.1 Å². The van der Waals surface area contributed by atoms with E-state index in [1.165, 1.54) is 30.5 Å². The standard InChI is InChI=1S/C19H24FN/c1-3-5-6-15-7-13-18(14-8-15)21-19(4-2)16-9-11-17(20)12-10-16/h7-14,19,21H,3-6H2,1-2H3. The molecule has 112 valence electrons. The average Bonchev–Trinajstić information content (AvgIpc) is 2.53. The molecular formula is C19H24FN. The van der Waals surface area contributed by atoms with E-state index in [2.05, 4.69) is 43.4 Å². The lowest BCUT2D eigenvalue weighted by Gasteiger charge is -2.19. The molecule has 0 aromatic heterocycles. The van der Waals surface area contributed by atoms with Gasteiger partial charge in [-0.3, -0.25) is 0 Å². The Morgan fingerprint density at radius 3 is 2.19 bits per heavy atom. The van der Waals surface area contributed by atoms with E-state index in [-0.39, 0.29) is 11.9 Å². The molecule has 0 aliphatic heterocycles. The maximum Gasteiger partial charge on any atom is 0.123 e. The highest BCUT2D eigenvalue weighted by atomic mass is 19.1. The largest absolute Gasteiger partial charge is 0.378 e. The van der Waals surface area contributed by atoms with Crippen LogP contribution in [-0.2, 0) is 6.42 Å². The number of unbranched alkanes of at least 4 members (excludes halogenated alkanes) is 1. The summed E-state index contributed by atoms with van der Waals surface area (Å²) in [6.45, 7) is 4.35. The third-order valence-corrected chi connectivity index (χ3v) is 3.79. The van der Waals surface area contributed by atoms with Gasteiger partial charge in [-0.1, -0.05) is 44.5 Å². The molecule has 2 heteroatoms. The number of halogens is 1. The summed E-state index contributed by atoms with van der Waals surface area (Å²) in [4.78, 5) is 0. The molecule has 21 heavy (non-hydrogen) atoms. The first-order valence-corrected chi connectivity index (χ1v) is 7.84. The van der Waals surface area contributed by atoms with E-state index >= 15 is 0 Å². The summed E-state index contributed by atoms with van der Waals surface area (Å²) in [5.41, 5.74) is 3.62. The van der Waals surface area contributed by atoms with Gasteiger partial charge in [0.05, 0.1) is 6.04 Å². The van der Waals surface area contributed by atoms with Gasteiger partial charge in [0.2, 0.25) is 0 Å². The molecule has 2 rings (SSSR count). The number of nitrogens with one attached hydrogen (secondary N) is 1. The van der Waals surface area contributed by atoms with Gasteiger partial charge in [0.1, 0.15) is 5.82 Å². The van der Waals surface area contributed by atoms with Crippen LogP contribution in [0.2, 0.25) is 0 Å². The van der Waals surface area contributed by atoms with Crippen LogP contribution in [0.4, 0.5) is 10.1 Å². The van der Waals surface area contributed by atoms with Crippen LogP contribution in [0.15, 0.2) is 48.5 Å². The zero-order chi connectivity index (χ0) is 15.1. The highest BCUT2D eigenvalue weighted by Gasteiger charge is 2.09. The van der Waals surface area contributed by atoms with Gasteiger partial charge in [0, 0.05) is 5.69 Å². The topological polar surface area (TPSA) is 12.0 Å². The Bertz CT molecular complexity index is 530. The lowest BCUT2D eigenvalue weighted by atomic mass is 10.0. The zero-order valence-corrected chi connectivity index (χ0v) is 12.9. The summed E-state index contributed by atoms with van der Waals surface area (Å²) in [5.74, 6) is -0.186. The third-order valence-electron chi connectivity index (χ3n) is 3.79. The summed E-state index contributed by atoms with van der Waals surface area (Å²) >= 11 is 0. The Labute approximate surface area is 127 Å². The minimum atomic E-state index is -0.186. The van der Waals surface area contributed by atoms with E-state index in [4.69, 9.17) is 0 Å². The predicted molar refractivity (Wildman–Crippen MR) is 88.1 cm³/mol.